The van der Waals surface area contributed by atoms with Gasteiger partial charge in [0.25, 0.3) is 0 Å². The molecule has 1 fully saturated rings. The standard InChI is InChI=1S/C40H60O15Si5/c1-31(2)36(41)46-21-16-26-56(11)51-57(12,27-17-22-47-37(42)32(3)4)53-59(14,29-19-24-49-39(44)34(7)8)55-60(15,30-20-25-50-40(45)35(9)10)54-58(13,52-56)28-18-23-48-38(43)33(5)6/h16-20,26-30H,1,3,5,7,9,21-25H2,2,4,6,8,10-15H3. The summed E-state index contributed by atoms with van der Waals surface area (Å²) >= 11 is 0. The van der Waals surface area contributed by atoms with Crippen LogP contribution >= 0.6 is 0 Å². The zero-order valence-electron chi connectivity index (χ0n) is 36.5. The van der Waals surface area contributed by atoms with Gasteiger partial charge in [0.1, 0.15) is 33.0 Å². The molecule has 1 heterocycles. The molecule has 0 atom stereocenters. The number of hydrogen-bond acceptors (Lipinski definition) is 15. The Morgan fingerprint density at radius 3 is 0.600 bits per heavy atom. The van der Waals surface area contributed by atoms with E-state index in [1.54, 1.807) is 91.6 Å². The Balaban J connectivity index is 4.14. The van der Waals surface area contributed by atoms with Crippen LogP contribution in [0.4, 0.5) is 0 Å². The lowest BCUT2D eigenvalue weighted by atomic mass is 10.4. The van der Waals surface area contributed by atoms with Crippen molar-refractivity contribution in [3.8, 4) is 0 Å². The molecule has 1 aliphatic rings. The highest BCUT2D eigenvalue weighted by Crippen LogP contribution is 2.34. The van der Waals surface area contributed by atoms with E-state index in [9.17, 15) is 24.0 Å². The van der Waals surface area contributed by atoms with Crippen LogP contribution in [0.25, 0.3) is 0 Å². The molecule has 0 aliphatic carbocycles. The van der Waals surface area contributed by atoms with Gasteiger partial charge < -0.3 is 44.3 Å². The van der Waals surface area contributed by atoms with Crippen molar-refractivity contribution < 1.29 is 68.2 Å². The van der Waals surface area contributed by atoms with Gasteiger partial charge in [-0.05, 0) is 95.9 Å². The summed E-state index contributed by atoms with van der Waals surface area (Å²) in [5.41, 5.74) is 9.51. The van der Waals surface area contributed by atoms with Gasteiger partial charge in [0.2, 0.25) is 0 Å². The Bertz CT molecular complexity index is 1520. The summed E-state index contributed by atoms with van der Waals surface area (Å²) in [7, 11) is -18.4. The summed E-state index contributed by atoms with van der Waals surface area (Å²) in [6.45, 7) is 33.8. The van der Waals surface area contributed by atoms with E-state index in [0.29, 0.717) is 0 Å². The number of carbonyl (C=O) groups excluding carboxylic acids is 5. The van der Waals surface area contributed by atoms with E-state index in [1.807, 2.05) is 0 Å². The molecule has 0 unspecified atom stereocenters. The summed E-state index contributed by atoms with van der Waals surface area (Å²) in [6, 6.07) is 0. The van der Waals surface area contributed by atoms with Gasteiger partial charge in [-0.2, -0.15) is 0 Å². The molecule has 0 aromatic carbocycles. The first-order chi connectivity index (χ1) is 27.7. The van der Waals surface area contributed by atoms with E-state index < -0.39 is 72.7 Å². The van der Waals surface area contributed by atoms with E-state index in [1.165, 1.54) is 34.6 Å². The molecule has 20 heteroatoms. The Morgan fingerprint density at radius 2 is 0.483 bits per heavy atom. The number of hydrogen-bond donors (Lipinski definition) is 0. The molecule has 1 rings (SSSR count). The third kappa shape index (κ3) is 20.3. The van der Waals surface area contributed by atoms with E-state index >= 15 is 0 Å². The van der Waals surface area contributed by atoms with Crippen molar-refractivity contribution in [2.45, 2.75) is 67.4 Å². The van der Waals surface area contributed by atoms with Crippen LogP contribution in [0.15, 0.2) is 120 Å². The summed E-state index contributed by atoms with van der Waals surface area (Å²) < 4.78 is 61.6. The monoisotopic (exact) mass is 920 g/mol. The molecule has 0 bridgehead atoms. The van der Waals surface area contributed by atoms with Crippen LogP contribution in [0, 0.1) is 0 Å². The summed E-state index contributed by atoms with van der Waals surface area (Å²) in [6.07, 6.45) is 7.96. The first kappa shape index (κ1) is 53.7. The fourth-order valence-corrected chi connectivity index (χ4v) is 29.1. The molecule has 0 radical (unpaired) electrons. The van der Waals surface area contributed by atoms with Crippen molar-refractivity contribution in [1.29, 1.82) is 0 Å². The molecule has 0 saturated carbocycles. The second-order valence-electron chi connectivity index (χ2n) is 14.5. The Kier molecular flexibility index (Phi) is 21.6. The maximum atomic E-state index is 12.2. The van der Waals surface area contributed by atoms with E-state index in [4.69, 9.17) is 44.3 Å². The van der Waals surface area contributed by atoms with Crippen LogP contribution in [-0.4, -0.2) is 106 Å². The van der Waals surface area contributed by atoms with Gasteiger partial charge in [0, 0.05) is 27.9 Å². The van der Waals surface area contributed by atoms with Gasteiger partial charge in [-0.1, -0.05) is 63.3 Å². The smallest absolute Gasteiger partial charge is 0.344 e. The summed E-state index contributed by atoms with van der Waals surface area (Å²) in [4.78, 5) is 61.1. The zero-order valence-corrected chi connectivity index (χ0v) is 41.5. The number of carbonyl (C=O) groups is 5. The van der Waals surface area contributed by atoms with Gasteiger partial charge >= 0.3 is 72.7 Å². The van der Waals surface area contributed by atoms with Crippen molar-refractivity contribution >= 4 is 72.7 Å². The Hall–Kier alpha value is -4.37. The minimum atomic E-state index is -3.68. The molecular formula is C40H60O15Si5. The van der Waals surface area contributed by atoms with Gasteiger partial charge in [-0.15, -0.1) is 0 Å². The zero-order chi connectivity index (χ0) is 46.0. The molecule has 0 spiro atoms. The van der Waals surface area contributed by atoms with Crippen LogP contribution in [0.3, 0.4) is 0 Å². The minimum Gasteiger partial charge on any atom is -0.458 e. The highest BCUT2D eigenvalue weighted by atomic mass is 28.5. The molecule has 15 nitrogen and oxygen atoms in total. The van der Waals surface area contributed by atoms with Crippen molar-refractivity contribution in [1.82, 2.24) is 0 Å². The summed E-state index contributed by atoms with van der Waals surface area (Å²) in [5, 5.41) is 0. The first-order valence-corrected chi connectivity index (χ1v) is 30.7. The average molecular weight is 921 g/mol. The molecule has 0 aromatic rings. The number of esters is 5. The van der Waals surface area contributed by atoms with Crippen LogP contribution < -0.4 is 0 Å². The van der Waals surface area contributed by atoms with E-state index in [2.05, 4.69) is 32.9 Å². The van der Waals surface area contributed by atoms with Crippen molar-refractivity contribution in [3.05, 3.63) is 120 Å². The molecule has 1 saturated heterocycles. The van der Waals surface area contributed by atoms with Crippen LogP contribution in [0.1, 0.15) is 34.6 Å². The van der Waals surface area contributed by atoms with Crippen molar-refractivity contribution in [2.75, 3.05) is 33.0 Å². The van der Waals surface area contributed by atoms with Crippen LogP contribution in [0.2, 0.25) is 32.7 Å². The van der Waals surface area contributed by atoms with Gasteiger partial charge in [-0.25, -0.2) is 24.0 Å². The molecular weight excluding hydrogens is 861 g/mol. The fourth-order valence-electron chi connectivity index (χ4n) is 5.00. The van der Waals surface area contributed by atoms with Gasteiger partial charge in [0.05, 0.1) is 0 Å². The highest BCUT2D eigenvalue weighted by molar-refractivity contribution is 6.98. The normalized spacial score (nSPS) is 26.2. The maximum Gasteiger partial charge on any atom is 0.344 e. The second kappa shape index (κ2) is 24.2. The quantitative estimate of drug-likeness (QED) is 0.0558. The SMILES string of the molecule is C=C(C)C(=O)OCC=C[Si]1(C)O[Si](C)(C=CCOC(=O)C(=C)C)O[Si](C)(C=CCOC(=O)C(=C)C)O[Si](C)(C=CCOC(=O)C(=C)C)O[Si](C)(C=CCOC(=O)C(=C)C)O1. The van der Waals surface area contributed by atoms with Gasteiger partial charge in [-0.3, -0.25) is 0 Å². The van der Waals surface area contributed by atoms with E-state index in [-0.39, 0.29) is 60.9 Å². The molecule has 330 valence electrons. The van der Waals surface area contributed by atoms with Crippen LogP contribution in [-0.2, 0) is 68.2 Å². The number of ether oxygens (including phenoxy) is 5. The van der Waals surface area contributed by atoms with Gasteiger partial charge in [0.15, 0.2) is 0 Å². The lowest BCUT2D eigenvalue weighted by Gasteiger charge is -2.47. The highest BCUT2D eigenvalue weighted by Gasteiger charge is 2.55. The molecule has 0 aromatic heterocycles. The lowest BCUT2D eigenvalue weighted by Crippen LogP contribution is -2.66. The third-order valence-electron chi connectivity index (χ3n) is 7.43. The topological polar surface area (TPSA) is 178 Å². The molecule has 1 aliphatic heterocycles. The molecule has 0 amide bonds. The molecule has 60 heavy (non-hydrogen) atoms. The summed E-state index contributed by atoms with van der Waals surface area (Å²) in [5.74, 6) is -2.96. The first-order valence-electron chi connectivity index (χ1n) is 18.7. The predicted molar refractivity (Wildman–Crippen MR) is 238 cm³/mol. The number of rotatable bonds is 20. The third-order valence-corrected chi connectivity index (χ3v) is 27.8. The maximum absolute atomic E-state index is 12.2. The second-order valence-corrected chi connectivity index (χ2v) is 30.4. The Morgan fingerprint density at radius 1 is 0.350 bits per heavy atom. The van der Waals surface area contributed by atoms with Crippen molar-refractivity contribution in [2.24, 2.45) is 0 Å². The Labute approximate surface area is 359 Å². The van der Waals surface area contributed by atoms with Crippen LogP contribution in [0.5, 0.6) is 0 Å². The van der Waals surface area contributed by atoms with Crippen molar-refractivity contribution in [3.63, 3.8) is 0 Å². The fraction of sp³-hybridized carbons (Fsp3) is 0.375. The lowest BCUT2D eigenvalue weighted by molar-refractivity contribution is -0.138. The minimum absolute atomic E-state index is 0.141. The van der Waals surface area contributed by atoms with E-state index in [0.717, 1.165) is 0 Å². The largest absolute Gasteiger partial charge is 0.458 e. The molecule has 0 N–H and O–H groups in total. The average Bonchev–Trinajstić information content (AvgIpc) is 3.12. The predicted octanol–water partition coefficient (Wildman–Crippen LogP) is 6.52.